The van der Waals surface area contributed by atoms with Crippen molar-refractivity contribution in [1.29, 1.82) is 5.26 Å². The Morgan fingerprint density at radius 2 is 1.65 bits per heavy atom. The molecule has 3 heterocycles. The van der Waals surface area contributed by atoms with E-state index in [0.29, 0.717) is 29.0 Å². The van der Waals surface area contributed by atoms with Crippen LogP contribution in [0.5, 0.6) is 11.5 Å². The minimum absolute atomic E-state index is 0.0706. The van der Waals surface area contributed by atoms with Gasteiger partial charge >= 0.3 is 0 Å². The summed E-state index contributed by atoms with van der Waals surface area (Å²) < 4.78 is 12.2. The number of ether oxygens (including phenoxy) is 2. The number of rotatable bonds is 3. The largest absolute Gasteiger partial charge is 0.495 e. The zero-order valence-electron chi connectivity index (χ0n) is 21.7. The maximum absolute atomic E-state index is 12.2. The van der Waals surface area contributed by atoms with Gasteiger partial charge in [-0.25, -0.2) is 0 Å². The second kappa shape index (κ2) is 10.1. The first-order valence-electron chi connectivity index (χ1n) is 12.8. The summed E-state index contributed by atoms with van der Waals surface area (Å²) >= 11 is 0. The zero-order chi connectivity index (χ0) is 26.0. The van der Waals surface area contributed by atoms with Crippen LogP contribution >= 0.6 is 0 Å². The number of methoxy groups -OCH3 is 1. The minimum Gasteiger partial charge on any atom is -0.495 e. The number of fused-ring (bicyclic) bond motifs is 3. The van der Waals surface area contributed by atoms with Crippen LogP contribution in [-0.2, 0) is 11.2 Å². The van der Waals surface area contributed by atoms with Crippen LogP contribution in [0.15, 0.2) is 67.0 Å². The normalized spacial score (nSPS) is 26.7. The number of nitriles is 1. The maximum atomic E-state index is 12.2. The topological polar surface area (TPSA) is 81.9 Å². The molecule has 3 atom stereocenters. The van der Waals surface area contributed by atoms with E-state index in [-0.39, 0.29) is 5.92 Å². The number of aliphatic hydroxyl groups is 1. The quantitative estimate of drug-likeness (QED) is 0.587. The van der Waals surface area contributed by atoms with E-state index in [4.69, 9.17) is 9.47 Å². The third-order valence-corrected chi connectivity index (χ3v) is 8.05. The van der Waals surface area contributed by atoms with Crippen LogP contribution in [0.25, 0.3) is 0 Å². The van der Waals surface area contributed by atoms with Crippen LogP contribution in [0, 0.1) is 11.3 Å². The van der Waals surface area contributed by atoms with Crippen LogP contribution in [0.4, 0.5) is 0 Å². The van der Waals surface area contributed by atoms with Crippen LogP contribution < -0.4 is 9.47 Å². The molecule has 6 rings (SSSR count). The van der Waals surface area contributed by atoms with E-state index < -0.39 is 11.2 Å². The summed E-state index contributed by atoms with van der Waals surface area (Å²) in [5, 5.41) is 21.4. The smallest absolute Gasteiger partial charge is 0.174 e. The van der Waals surface area contributed by atoms with Gasteiger partial charge in [0.05, 0.1) is 36.7 Å². The molecule has 1 aliphatic carbocycles. The fourth-order valence-corrected chi connectivity index (χ4v) is 6.02. The molecule has 1 N–H and O–H groups in total. The number of hydrogen-bond donors (Lipinski definition) is 1. The summed E-state index contributed by atoms with van der Waals surface area (Å²) in [5.41, 5.74) is 0.860. The second-order valence-electron chi connectivity index (χ2n) is 10.2. The number of benzene rings is 2. The molecule has 7 heteroatoms. The summed E-state index contributed by atoms with van der Waals surface area (Å²) in [6, 6.07) is 19.6. The first-order chi connectivity index (χ1) is 17.9. The lowest BCUT2D eigenvalue weighted by Crippen LogP contribution is -2.48. The molecule has 2 aromatic carbocycles. The van der Waals surface area contributed by atoms with Crippen molar-refractivity contribution in [3.63, 3.8) is 0 Å². The van der Waals surface area contributed by atoms with Gasteiger partial charge in [-0.15, -0.1) is 0 Å². The number of likely N-dealkylation sites (N-methyl/N-ethyl adjacent to an activating group) is 2. The van der Waals surface area contributed by atoms with Crippen LogP contribution in [0.3, 0.4) is 0 Å². The summed E-state index contributed by atoms with van der Waals surface area (Å²) in [7, 11) is 5.92. The third kappa shape index (κ3) is 4.25. The summed E-state index contributed by atoms with van der Waals surface area (Å²) in [6.07, 6.45) is 4.54. The van der Waals surface area contributed by atoms with E-state index in [1.165, 1.54) is 26.2 Å². The Bertz CT molecular complexity index is 1260. The van der Waals surface area contributed by atoms with Crippen molar-refractivity contribution < 1.29 is 14.6 Å². The van der Waals surface area contributed by atoms with Gasteiger partial charge in [-0.3, -0.25) is 4.98 Å². The van der Waals surface area contributed by atoms with Crippen molar-refractivity contribution >= 4 is 0 Å². The number of pyridine rings is 1. The number of aromatic nitrogens is 1. The van der Waals surface area contributed by atoms with Gasteiger partial charge in [0.1, 0.15) is 17.1 Å². The van der Waals surface area contributed by atoms with Gasteiger partial charge in [-0.1, -0.05) is 42.5 Å². The molecule has 0 unspecified atom stereocenters. The molecule has 0 radical (unpaired) electrons. The SMILES string of the molecule is CN1CCN(C)CC1.COc1cncc2c1[C@]1(O)CC[C@@H](c3ccccc3)[C@]1(c1ccc(C#N)cc1)O2. The highest BCUT2D eigenvalue weighted by Crippen LogP contribution is 2.67. The maximum Gasteiger partial charge on any atom is 0.174 e. The number of nitrogens with zero attached hydrogens (tertiary/aromatic N) is 4. The van der Waals surface area contributed by atoms with Crippen molar-refractivity contribution in [2.45, 2.75) is 30.0 Å². The lowest BCUT2D eigenvalue weighted by atomic mass is 9.71. The molecule has 1 saturated heterocycles. The highest BCUT2D eigenvalue weighted by Gasteiger charge is 2.69. The molecule has 2 aliphatic heterocycles. The molecule has 1 aromatic heterocycles. The fourth-order valence-electron chi connectivity index (χ4n) is 6.02. The minimum atomic E-state index is -1.27. The van der Waals surface area contributed by atoms with E-state index in [9.17, 15) is 10.4 Å². The van der Waals surface area contributed by atoms with Crippen molar-refractivity contribution in [3.05, 3.63) is 89.2 Å². The van der Waals surface area contributed by atoms with E-state index in [2.05, 4.69) is 47.1 Å². The van der Waals surface area contributed by atoms with Gasteiger partial charge in [-0.05, 0) is 50.2 Å². The highest BCUT2D eigenvalue weighted by atomic mass is 16.5. The molecule has 0 amide bonds. The summed E-state index contributed by atoms with van der Waals surface area (Å²) in [5.74, 6) is 0.991. The molecule has 2 fully saturated rings. The Balaban J connectivity index is 0.000000301. The average molecular weight is 499 g/mol. The molecule has 3 aromatic rings. The standard InChI is InChI=1S/C24H20N2O3.C6H14N2/c1-28-20-14-26-15-21-22(20)23(27)12-11-19(17-5-3-2-4-6-17)24(23,29-21)18-9-7-16(13-25)8-10-18;1-7-3-5-8(2)6-4-7/h2-10,14-15,19,27H,11-12H2,1H3;3-6H2,1-2H3/t19-,23+,24-;/m0./s1. The molecular formula is C30H34N4O3. The van der Waals surface area contributed by atoms with Crippen molar-refractivity contribution in [3.8, 4) is 17.6 Å². The Labute approximate surface area is 218 Å². The van der Waals surface area contributed by atoms with E-state index in [0.717, 1.165) is 17.5 Å². The van der Waals surface area contributed by atoms with Crippen LogP contribution in [0.1, 0.15) is 41.0 Å². The molecule has 0 bridgehead atoms. The first kappa shape index (κ1) is 25.2. The van der Waals surface area contributed by atoms with Crippen molar-refractivity contribution in [1.82, 2.24) is 14.8 Å². The van der Waals surface area contributed by atoms with Crippen molar-refractivity contribution in [2.75, 3.05) is 47.4 Å². The van der Waals surface area contributed by atoms with E-state index in [1.807, 2.05) is 30.3 Å². The molecule has 0 spiro atoms. The average Bonchev–Trinajstić information content (AvgIpc) is 3.38. The monoisotopic (exact) mass is 498 g/mol. The molecule has 192 valence electrons. The lowest BCUT2D eigenvalue weighted by molar-refractivity contribution is -0.106. The first-order valence-corrected chi connectivity index (χ1v) is 12.8. The fraction of sp³-hybridized carbons (Fsp3) is 0.400. The predicted octanol–water partition coefficient (Wildman–Crippen LogP) is 3.88. The van der Waals surface area contributed by atoms with Gasteiger partial charge in [0.25, 0.3) is 0 Å². The van der Waals surface area contributed by atoms with Gasteiger partial charge < -0.3 is 24.4 Å². The Morgan fingerprint density at radius 3 is 2.24 bits per heavy atom. The number of piperazine rings is 1. The predicted molar refractivity (Wildman–Crippen MR) is 142 cm³/mol. The zero-order valence-corrected chi connectivity index (χ0v) is 21.7. The second-order valence-corrected chi connectivity index (χ2v) is 10.2. The summed E-state index contributed by atoms with van der Waals surface area (Å²) in [6.45, 7) is 4.93. The van der Waals surface area contributed by atoms with Crippen molar-refractivity contribution in [2.24, 2.45) is 0 Å². The molecule has 37 heavy (non-hydrogen) atoms. The van der Waals surface area contributed by atoms with Crippen LogP contribution in [0.2, 0.25) is 0 Å². The summed E-state index contributed by atoms with van der Waals surface area (Å²) in [4.78, 5) is 8.95. The molecular weight excluding hydrogens is 464 g/mol. The molecule has 1 saturated carbocycles. The molecule has 7 nitrogen and oxygen atoms in total. The van der Waals surface area contributed by atoms with E-state index in [1.54, 1.807) is 31.6 Å². The van der Waals surface area contributed by atoms with Gasteiger partial charge in [0.15, 0.2) is 5.60 Å². The lowest BCUT2D eigenvalue weighted by Gasteiger charge is -2.40. The third-order valence-electron chi connectivity index (χ3n) is 8.05. The van der Waals surface area contributed by atoms with Gasteiger partial charge in [0.2, 0.25) is 0 Å². The van der Waals surface area contributed by atoms with Gasteiger partial charge in [0, 0.05) is 32.1 Å². The Morgan fingerprint density at radius 1 is 1.00 bits per heavy atom. The van der Waals surface area contributed by atoms with Crippen LogP contribution in [-0.4, -0.2) is 67.3 Å². The molecule has 3 aliphatic rings. The van der Waals surface area contributed by atoms with E-state index >= 15 is 0 Å². The van der Waals surface area contributed by atoms with Gasteiger partial charge in [-0.2, -0.15) is 5.26 Å². The highest BCUT2D eigenvalue weighted by molar-refractivity contribution is 5.57. The Hall–Kier alpha value is -3.44. The Kier molecular flexibility index (Phi) is 6.91. The number of hydrogen-bond acceptors (Lipinski definition) is 7.